The fraction of sp³-hybridized carbons (Fsp3) is 0.476. The first kappa shape index (κ1) is 16.6. The molecule has 2 aromatic rings. The zero-order chi connectivity index (χ0) is 18.0. The molecule has 5 rings (SSSR count). The number of halogens is 1. The number of benzene rings is 2. The lowest BCUT2D eigenvalue weighted by atomic mass is 9.80. The minimum absolute atomic E-state index is 0.169. The van der Waals surface area contributed by atoms with E-state index in [-0.39, 0.29) is 5.91 Å². The Morgan fingerprint density at radius 2 is 1.88 bits per heavy atom. The van der Waals surface area contributed by atoms with Crippen molar-refractivity contribution in [2.24, 2.45) is 0 Å². The highest BCUT2D eigenvalue weighted by molar-refractivity contribution is 9.10. The number of hydrogen-bond donors (Lipinski definition) is 1. The summed E-state index contributed by atoms with van der Waals surface area (Å²) >= 11 is 3.54. The van der Waals surface area contributed by atoms with Gasteiger partial charge in [0.05, 0.1) is 5.69 Å². The van der Waals surface area contributed by atoms with Crippen molar-refractivity contribution >= 4 is 38.3 Å². The van der Waals surface area contributed by atoms with Gasteiger partial charge in [-0.05, 0) is 60.3 Å². The third-order valence-corrected chi connectivity index (χ3v) is 7.48. The van der Waals surface area contributed by atoms with Crippen LogP contribution in [0.25, 0.3) is 10.8 Å². The summed E-state index contributed by atoms with van der Waals surface area (Å²) in [6, 6.07) is 9.73. The Bertz CT molecular complexity index is 898. The summed E-state index contributed by atoms with van der Waals surface area (Å²) in [5, 5.41) is 2.03. The van der Waals surface area contributed by atoms with E-state index in [4.69, 9.17) is 5.73 Å². The van der Waals surface area contributed by atoms with Crippen LogP contribution in [0.4, 0.5) is 5.69 Å². The van der Waals surface area contributed by atoms with E-state index in [1.54, 1.807) is 0 Å². The topological polar surface area (TPSA) is 49.6 Å². The average molecular weight is 414 g/mol. The minimum Gasteiger partial charge on any atom is -0.397 e. The summed E-state index contributed by atoms with van der Waals surface area (Å²) in [4.78, 5) is 18.1. The maximum atomic E-state index is 13.4. The number of rotatable bonds is 1. The average Bonchev–Trinajstić information content (AvgIpc) is 2.61. The van der Waals surface area contributed by atoms with Crippen molar-refractivity contribution in [3.63, 3.8) is 0 Å². The normalized spacial score (nSPS) is 28.6. The number of amides is 1. The monoisotopic (exact) mass is 413 g/mol. The first-order chi connectivity index (χ1) is 12.5. The fourth-order valence-electron chi connectivity index (χ4n) is 5.39. The van der Waals surface area contributed by atoms with Gasteiger partial charge in [0, 0.05) is 45.5 Å². The van der Waals surface area contributed by atoms with Crippen molar-refractivity contribution in [2.75, 3.05) is 12.8 Å². The van der Waals surface area contributed by atoms with Crippen molar-refractivity contribution in [3.8, 4) is 0 Å². The highest BCUT2D eigenvalue weighted by atomic mass is 79.9. The molecule has 3 aliphatic rings. The highest BCUT2D eigenvalue weighted by Crippen LogP contribution is 2.41. The van der Waals surface area contributed by atoms with Crippen LogP contribution in [0.2, 0.25) is 0 Å². The number of carbonyl (C=O) groups excluding carboxylic acids is 1. The molecule has 0 radical (unpaired) electrons. The van der Waals surface area contributed by atoms with Crippen molar-refractivity contribution in [1.82, 2.24) is 9.80 Å². The number of anilines is 1. The molecule has 4 nitrogen and oxygen atoms in total. The quantitative estimate of drug-likeness (QED) is 0.714. The van der Waals surface area contributed by atoms with Crippen LogP contribution >= 0.6 is 15.9 Å². The predicted molar refractivity (Wildman–Crippen MR) is 108 cm³/mol. The van der Waals surface area contributed by atoms with E-state index in [9.17, 15) is 4.79 Å². The van der Waals surface area contributed by atoms with E-state index in [0.717, 1.165) is 39.3 Å². The molecule has 136 valence electrons. The SMILES string of the molecule is CN1[C@@H]2CCC[C@H]1C[C@H](N1Cc3cccc4c(N)c(Br)cc(c34)C1=O)C2. The van der Waals surface area contributed by atoms with Gasteiger partial charge in [-0.1, -0.05) is 24.6 Å². The first-order valence-electron chi connectivity index (χ1n) is 9.57. The smallest absolute Gasteiger partial charge is 0.255 e. The van der Waals surface area contributed by atoms with Gasteiger partial charge in [-0.2, -0.15) is 0 Å². The van der Waals surface area contributed by atoms with Crippen LogP contribution in [0, 0.1) is 0 Å². The number of carbonyl (C=O) groups is 1. The van der Waals surface area contributed by atoms with Gasteiger partial charge in [0.25, 0.3) is 5.91 Å². The number of fused-ring (bicyclic) bond motifs is 2. The van der Waals surface area contributed by atoms with Crippen molar-refractivity contribution < 1.29 is 4.79 Å². The van der Waals surface area contributed by atoms with Crippen LogP contribution in [0.3, 0.4) is 0 Å². The lowest BCUT2D eigenvalue weighted by molar-refractivity contribution is 0.00749. The van der Waals surface area contributed by atoms with E-state index >= 15 is 0 Å². The van der Waals surface area contributed by atoms with Gasteiger partial charge in [0.1, 0.15) is 0 Å². The molecule has 2 saturated heterocycles. The van der Waals surface area contributed by atoms with E-state index in [1.165, 1.54) is 24.8 Å². The molecule has 3 heterocycles. The summed E-state index contributed by atoms with van der Waals surface area (Å²) in [5.74, 6) is 0.169. The summed E-state index contributed by atoms with van der Waals surface area (Å²) in [6.45, 7) is 0.706. The molecule has 26 heavy (non-hydrogen) atoms. The van der Waals surface area contributed by atoms with Gasteiger partial charge in [-0.25, -0.2) is 0 Å². The lowest BCUT2D eigenvalue weighted by Gasteiger charge is -2.50. The second-order valence-corrected chi connectivity index (χ2v) is 8.98. The second kappa shape index (κ2) is 5.96. The maximum absolute atomic E-state index is 13.4. The zero-order valence-electron chi connectivity index (χ0n) is 15.0. The third kappa shape index (κ3) is 2.33. The summed E-state index contributed by atoms with van der Waals surface area (Å²) in [5.41, 5.74) is 9.00. The van der Waals surface area contributed by atoms with Gasteiger partial charge < -0.3 is 15.5 Å². The molecule has 2 aromatic carbocycles. The van der Waals surface area contributed by atoms with Gasteiger partial charge in [-0.3, -0.25) is 4.79 Å². The Morgan fingerprint density at radius 1 is 1.15 bits per heavy atom. The molecule has 0 aliphatic carbocycles. The Labute approximate surface area is 162 Å². The first-order valence-corrected chi connectivity index (χ1v) is 10.4. The van der Waals surface area contributed by atoms with Gasteiger partial charge in [0.2, 0.25) is 0 Å². The minimum atomic E-state index is 0.169. The Morgan fingerprint density at radius 3 is 2.62 bits per heavy atom. The van der Waals surface area contributed by atoms with Gasteiger partial charge in [0.15, 0.2) is 0 Å². The van der Waals surface area contributed by atoms with Crippen LogP contribution < -0.4 is 5.73 Å². The summed E-state index contributed by atoms with van der Waals surface area (Å²) < 4.78 is 0.813. The molecule has 3 aliphatic heterocycles. The molecular formula is C21H24BrN3O. The summed E-state index contributed by atoms with van der Waals surface area (Å²) in [7, 11) is 2.26. The molecular weight excluding hydrogens is 390 g/mol. The van der Waals surface area contributed by atoms with Gasteiger partial charge in [-0.15, -0.1) is 0 Å². The van der Waals surface area contributed by atoms with Crippen molar-refractivity contribution in [1.29, 1.82) is 0 Å². The van der Waals surface area contributed by atoms with E-state index < -0.39 is 0 Å². The van der Waals surface area contributed by atoms with E-state index in [1.807, 2.05) is 12.1 Å². The van der Waals surface area contributed by atoms with Crippen molar-refractivity contribution in [2.45, 2.75) is 56.8 Å². The molecule has 2 N–H and O–H groups in total. The number of hydrogen-bond acceptors (Lipinski definition) is 3. The van der Waals surface area contributed by atoms with E-state index in [0.29, 0.717) is 24.7 Å². The largest absolute Gasteiger partial charge is 0.397 e. The Hall–Kier alpha value is -1.59. The van der Waals surface area contributed by atoms with E-state index in [2.05, 4.69) is 44.9 Å². The van der Waals surface area contributed by atoms with Crippen LogP contribution in [-0.2, 0) is 6.54 Å². The number of nitrogen functional groups attached to an aromatic ring is 1. The van der Waals surface area contributed by atoms with Crippen LogP contribution in [-0.4, -0.2) is 40.9 Å². The summed E-state index contributed by atoms with van der Waals surface area (Å²) in [6.07, 6.45) is 6.05. The second-order valence-electron chi connectivity index (χ2n) is 8.12. The predicted octanol–water partition coefficient (Wildman–Crippen LogP) is 4.16. The van der Waals surface area contributed by atoms with Crippen LogP contribution in [0.5, 0.6) is 0 Å². The molecule has 2 bridgehead atoms. The molecule has 2 fully saturated rings. The molecule has 3 atom stereocenters. The van der Waals surface area contributed by atoms with Gasteiger partial charge >= 0.3 is 0 Å². The highest BCUT2D eigenvalue weighted by Gasteiger charge is 2.41. The maximum Gasteiger partial charge on any atom is 0.255 e. The fourth-order valence-corrected chi connectivity index (χ4v) is 5.84. The van der Waals surface area contributed by atoms with Crippen LogP contribution in [0.15, 0.2) is 28.7 Å². The zero-order valence-corrected chi connectivity index (χ0v) is 16.6. The molecule has 0 spiro atoms. The molecule has 0 saturated carbocycles. The third-order valence-electron chi connectivity index (χ3n) is 6.83. The number of nitrogens with zero attached hydrogens (tertiary/aromatic N) is 2. The molecule has 0 unspecified atom stereocenters. The number of nitrogens with two attached hydrogens (primary N) is 1. The van der Waals surface area contributed by atoms with Crippen molar-refractivity contribution in [3.05, 3.63) is 39.9 Å². The molecule has 1 amide bonds. The Kier molecular flexibility index (Phi) is 3.80. The Balaban J connectivity index is 1.56. The standard InChI is InChI=1S/C21H24BrN3O/c1-24-13-5-3-6-14(24)9-15(8-13)25-11-12-4-2-7-16-19(12)17(21(25)26)10-18(22)20(16)23/h2,4,7,10,13-15H,3,5-6,8-9,11,23H2,1H3/t13-,14+,15-. The lowest BCUT2D eigenvalue weighted by Crippen LogP contribution is -2.56. The number of piperidine rings is 2. The van der Waals surface area contributed by atoms with Crippen LogP contribution in [0.1, 0.15) is 48.0 Å². The molecule has 5 heteroatoms. The molecule has 0 aromatic heterocycles.